The molecule has 4 aromatic carbocycles. The van der Waals surface area contributed by atoms with Crippen molar-refractivity contribution in [3.63, 3.8) is 0 Å². The van der Waals surface area contributed by atoms with Crippen LogP contribution in [0.1, 0.15) is 33.4 Å². The van der Waals surface area contributed by atoms with E-state index in [9.17, 15) is 0 Å². The van der Waals surface area contributed by atoms with E-state index in [0.29, 0.717) is 0 Å². The van der Waals surface area contributed by atoms with Gasteiger partial charge in [-0.1, -0.05) is 122 Å². The van der Waals surface area contributed by atoms with Crippen LogP contribution in [0.2, 0.25) is 0 Å². The molecule has 150 valence electrons. The maximum Gasteiger partial charge on any atom is 0.0296 e. The molecule has 0 atom stereocenters. The second-order valence-corrected chi connectivity index (χ2v) is 8.33. The van der Waals surface area contributed by atoms with Gasteiger partial charge in [0.15, 0.2) is 0 Å². The van der Waals surface area contributed by atoms with Crippen molar-refractivity contribution >= 4 is 12.2 Å². The number of hydrogen-bond acceptors (Lipinski definition) is 0. The van der Waals surface area contributed by atoms with Gasteiger partial charge >= 0.3 is 0 Å². The first-order chi connectivity index (χ1) is 15.3. The molecule has 0 unspecified atom stereocenters. The standard InChI is InChI=1S/C31H26/c1-3-23-13-5-7-15-25(23)21-31(22-26-16-8-6-14-24(26)4-2)29-19-11-9-17-27(29)28-18-10-12-20-30(28)31/h3-20H,1-2,21-22H2. The van der Waals surface area contributed by atoms with Crippen LogP contribution >= 0.6 is 0 Å². The van der Waals surface area contributed by atoms with E-state index in [-0.39, 0.29) is 5.41 Å². The SMILES string of the molecule is C=Cc1ccccc1CC1(Cc2ccccc2C=C)c2ccccc2-c2ccccc21. The van der Waals surface area contributed by atoms with Crippen molar-refractivity contribution < 1.29 is 0 Å². The smallest absolute Gasteiger partial charge is 0.0296 e. The van der Waals surface area contributed by atoms with Crippen LogP contribution in [0.5, 0.6) is 0 Å². The van der Waals surface area contributed by atoms with E-state index in [2.05, 4.69) is 110 Å². The van der Waals surface area contributed by atoms with Crippen LogP contribution in [0.15, 0.2) is 110 Å². The minimum atomic E-state index is -0.147. The minimum absolute atomic E-state index is 0.147. The average molecular weight is 399 g/mol. The topological polar surface area (TPSA) is 0 Å². The Hall–Kier alpha value is -3.64. The van der Waals surface area contributed by atoms with Crippen LogP contribution in [-0.2, 0) is 18.3 Å². The van der Waals surface area contributed by atoms with E-state index in [0.717, 1.165) is 12.8 Å². The fourth-order valence-electron chi connectivity index (χ4n) is 5.30. The lowest BCUT2D eigenvalue weighted by Crippen LogP contribution is -2.31. The van der Waals surface area contributed by atoms with Gasteiger partial charge in [-0.15, -0.1) is 0 Å². The molecule has 5 rings (SSSR count). The molecular formula is C31H26. The zero-order valence-electron chi connectivity index (χ0n) is 17.7. The van der Waals surface area contributed by atoms with Gasteiger partial charge in [-0.2, -0.15) is 0 Å². The Labute approximate surface area is 185 Å². The molecular weight excluding hydrogens is 372 g/mol. The molecule has 0 fully saturated rings. The summed E-state index contributed by atoms with van der Waals surface area (Å²) < 4.78 is 0. The predicted molar refractivity (Wildman–Crippen MR) is 133 cm³/mol. The fraction of sp³-hybridized carbons (Fsp3) is 0.0968. The largest absolute Gasteiger partial charge is 0.0985 e. The highest BCUT2D eigenvalue weighted by Crippen LogP contribution is 2.52. The van der Waals surface area contributed by atoms with Crippen LogP contribution in [0.25, 0.3) is 23.3 Å². The summed E-state index contributed by atoms with van der Waals surface area (Å²) in [6, 6.07) is 35.2. The second-order valence-electron chi connectivity index (χ2n) is 8.33. The number of benzene rings is 4. The molecule has 0 saturated heterocycles. The lowest BCUT2D eigenvalue weighted by molar-refractivity contribution is 0.519. The van der Waals surface area contributed by atoms with E-state index in [1.165, 1.54) is 44.5 Å². The molecule has 4 aromatic rings. The third-order valence-corrected chi connectivity index (χ3v) is 6.71. The van der Waals surface area contributed by atoms with Crippen molar-refractivity contribution in [1.82, 2.24) is 0 Å². The molecule has 0 aliphatic heterocycles. The predicted octanol–water partition coefficient (Wildman–Crippen LogP) is 7.72. The molecule has 0 amide bonds. The highest BCUT2D eigenvalue weighted by atomic mass is 14.5. The Bertz CT molecular complexity index is 1170. The molecule has 0 radical (unpaired) electrons. The van der Waals surface area contributed by atoms with Crippen molar-refractivity contribution in [2.75, 3.05) is 0 Å². The van der Waals surface area contributed by atoms with Crippen molar-refractivity contribution in [3.05, 3.63) is 144 Å². The van der Waals surface area contributed by atoms with Gasteiger partial charge in [0.2, 0.25) is 0 Å². The lowest BCUT2D eigenvalue weighted by atomic mass is 9.68. The normalized spacial score (nSPS) is 13.3. The van der Waals surface area contributed by atoms with Crippen LogP contribution in [0.3, 0.4) is 0 Å². The molecule has 1 aliphatic rings. The highest BCUT2D eigenvalue weighted by Gasteiger charge is 2.43. The van der Waals surface area contributed by atoms with Gasteiger partial charge in [0.05, 0.1) is 0 Å². The molecule has 0 nitrogen and oxygen atoms in total. The molecule has 0 spiro atoms. The molecule has 0 heteroatoms. The Morgan fingerprint density at radius 3 is 1.35 bits per heavy atom. The third kappa shape index (κ3) is 3.16. The van der Waals surface area contributed by atoms with Crippen LogP contribution < -0.4 is 0 Å². The van der Waals surface area contributed by atoms with E-state index in [1.807, 2.05) is 12.2 Å². The number of rotatable bonds is 6. The highest BCUT2D eigenvalue weighted by molar-refractivity contribution is 5.82. The van der Waals surface area contributed by atoms with Crippen LogP contribution in [0, 0.1) is 0 Å². The first kappa shape index (κ1) is 19.3. The van der Waals surface area contributed by atoms with Crippen LogP contribution in [0.4, 0.5) is 0 Å². The fourth-order valence-corrected chi connectivity index (χ4v) is 5.30. The summed E-state index contributed by atoms with van der Waals surface area (Å²) in [6.45, 7) is 8.15. The first-order valence-corrected chi connectivity index (χ1v) is 10.9. The average Bonchev–Trinajstić information content (AvgIpc) is 3.10. The molecule has 0 heterocycles. The monoisotopic (exact) mass is 398 g/mol. The molecule has 1 aliphatic carbocycles. The minimum Gasteiger partial charge on any atom is -0.0985 e. The Kier molecular flexibility index (Phi) is 4.92. The van der Waals surface area contributed by atoms with E-state index in [1.54, 1.807) is 0 Å². The van der Waals surface area contributed by atoms with Crippen molar-refractivity contribution in [1.29, 1.82) is 0 Å². The second kappa shape index (κ2) is 7.89. The summed E-state index contributed by atoms with van der Waals surface area (Å²) in [4.78, 5) is 0. The molecule has 31 heavy (non-hydrogen) atoms. The zero-order valence-corrected chi connectivity index (χ0v) is 17.7. The first-order valence-electron chi connectivity index (χ1n) is 10.9. The van der Waals surface area contributed by atoms with Gasteiger partial charge < -0.3 is 0 Å². The van der Waals surface area contributed by atoms with Crippen molar-refractivity contribution in [2.24, 2.45) is 0 Å². The third-order valence-electron chi connectivity index (χ3n) is 6.71. The molecule has 0 N–H and O–H groups in total. The number of hydrogen-bond donors (Lipinski definition) is 0. The lowest BCUT2D eigenvalue weighted by Gasteiger charge is -2.34. The summed E-state index contributed by atoms with van der Waals surface area (Å²) in [5, 5.41) is 0. The van der Waals surface area contributed by atoms with Gasteiger partial charge in [0.1, 0.15) is 0 Å². The van der Waals surface area contributed by atoms with Crippen LogP contribution in [-0.4, -0.2) is 0 Å². The van der Waals surface area contributed by atoms with Gasteiger partial charge in [-0.25, -0.2) is 0 Å². The summed E-state index contributed by atoms with van der Waals surface area (Å²) in [7, 11) is 0. The van der Waals surface area contributed by atoms with Gasteiger partial charge in [-0.3, -0.25) is 0 Å². The quantitative estimate of drug-likeness (QED) is 0.312. The maximum absolute atomic E-state index is 4.08. The van der Waals surface area contributed by atoms with E-state index >= 15 is 0 Å². The molecule has 0 bridgehead atoms. The zero-order chi connectivity index (χ0) is 21.3. The van der Waals surface area contributed by atoms with Crippen molar-refractivity contribution in [2.45, 2.75) is 18.3 Å². The van der Waals surface area contributed by atoms with Gasteiger partial charge in [0.25, 0.3) is 0 Å². The number of fused-ring (bicyclic) bond motifs is 3. The van der Waals surface area contributed by atoms with Crippen molar-refractivity contribution in [3.8, 4) is 11.1 Å². The Balaban J connectivity index is 1.78. The van der Waals surface area contributed by atoms with Gasteiger partial charge in [-0.05, 0) is 57.3 Å². The Morgan fingerprint density at radius 2 is 0.903 bits per heavy atom. The summed E-state index contributed by atoms with van der Waals surface area (Å²) in [5.41, 5.74) is 10.5. The van der Waals surface area contributed by atoms with Gasteiger partial charge in [0, 0.05) is 5.41 Å². The Morgan fingerprint density at radius 1 is 0.516 bits per heavy atom. The summed E-state index contributed by atoms with van der Waals surface area (Å²) >= 11 is 0. The molecule has 0 aromatic heterocycles. The van der Waals surface area contributed by atoms with E-state index < -0.39 is 0 Å². The summed E-state index contributed by atoms with van der Waals surface area (Å²) in [6.07, 6.45) is 5.81. The summed E-state index contributed by atoms with van der Waals surface area (Å²) in [5.74, 6) is 0. The molecule has 0 saturated carbocycles. The maximum atomic E-state index is 4.08. The van der Waals surface area contributed by atoms with E-state index in [4.69, 9.17) is 0 Å².